The summed E-state index contributed by atoms with van der Waals surface area (Å²) in [5.41, 5.74) is 2.65. The topological polar surface area (TPSA) is 44.2 Å². The summed E-state index contributed by atoms with van der Waals surface area (Å²) in [5, 5.41) is 0. The molecule has 0 amide bonds. The number of rotatable bonds is 7. The van der Waals surface area contributed by atoms with Crippen LogP contribution in [-0.4, -0.2) is 16.1 Å². The fourth-order valence-electron chi connectivity index (χ4n) is 2.65. The van der Waals surface area contributed by atoms with E-state index in [1.807, 2.05) is 68.6 Å². The number of para-hydroxylation sites is 2. The molecular weight excluding hydrogens is 324 g/mol. The summed E-state index contributed by atoms with van der Waals surface area (Å²) in [4.78, 5) is 9.11. The molecule has 0 spiro atoms. The summed E-state index contributed by atoms with van der Waals surface area (Å²) < 4.78 is 12.1. The van der Waals surface area contributed by atoms with Gasteiger partial charge in [-0.3, -0.25) is 9.97 Å². The Morgan fingerprint density at radius 1 is 0.923 bits per heavy atom. The Balaban J connectivity index is 1.99. The Morgan fingerprint density at radius 2 is 1.73 bits per heavy atom. The van der Waals surface area contributed by atoms with Crippen LogP contribution in [0.2, 0.25) is 0 Å². The highest BCUT2D eigenvalue weighted by molar-refractivity contribution is 5.71. The molecule has 0 radical (unpaired) electrons. The lowest BCUT2D eigenvalue weighted by atomic mass is 10.1. The highest BCUT2D eigenvalue weighted by Gasteiger charge is 2.16. The van der Waals surface area contributed by atoms with E-state index in [0.29, 0.717) is 11.5 Å². The standard InChI is InChI=1S/C22H24N2O2/c1-4-9-17-14-24-20(15-23-17)19-12-8-13-21(22(19)25-16(2)3)26-18-10-6-5-7-11-18/h5-8,10-16H,4,9H2,1-3H3. The van der Waals surface area contributed by atoms with Crippen molar-refractivity contribution >= 4 is 0 Å². The first-order valence-corrected chi connectivity index (χ1v) is 9.01. The van der Waals surface area contributed by atoms with Gasteiger partial charge in [0.1, 0.15) is 5.75 Å². The van der Waals surface area contributed by atoms with E-state index in [1.54, 1.807) is 6.20 Å². The van der Waals surface area contributed by atoms with Crippen LogP contribution >= 0.6 is 0 Å². The fraction of sp³-hybridized carbons (Fsp3) is 0.273. The first-order chi connectivity index (χ1) is 12.7. The molecule has 0 aliphatic rings. The van der Waals surface area contributed by atoms with Crippen molar-refractivity contribution in [3.63, 3.8) is 0 Å². The normalized spacial score (nSPS) is 10.8. The minimum Gasteiger partial charge on any atom is -0.486 e. The largest absolute Gasteiger partial charge is 0.486 e. The first-order valence-electron chi connectivity index (χ1n) is 9.01. The molecule has 0 saturated heterocycles. The number of benzene rings is 2. The average molecular weight is 348 g/mol. The summed E-state index contributed by atoms with van der Waals surface area (Å²) in [6.45, 7) is 6.13. The molecule has 1 heterocycles. The van der Waals surface area contributed by atoms with E-state index >= 15 is 0 Å². The Bertz CT molecular complexity index is 831. The first kappa shape index (κ1) is 17.9. The molecule has 0 atom stereocenters. The number of aromatic nitrogens is 2. The average Bonchev–Trinajstić information content (AvgIpc) is 2.65. The van der Waals surface area contributed by atoms with Crippen molar-refractivity contribution in [2.75, 3.05) is 0 Å². The summed E-state index contributed by atoms with van der Waals surface area (Å²) >= 11 is 0. The predicted molar refractivity (Wildman–Crippen MR) is 104 cm³/mol. The fourth-order valence-corrected chi connectivity index (χ4v) is 2.65. The number of ether oxygens (including phenoxy) is 2. The van der Waals surface area contributed by atoms with Crippen LogP contribution in [0.15, 0.2) is 60.9 Å². The number of hydrogen-bond donors (Lipinski definition) is 0. The van der Waals surface area contributed by atoms with Crippen LogP contribution in [0, 0.1) is 0 Å². The van der Waals surface area contributed by atoms with Crippen LogP contribution in [0.3, 0.4) is 0 Å². The van der Waals surface area contributed by atoms with Crippen molar-refractivity contribution in [2.24, 2.45) is 0 Å². The molecule has 1 aromatic heterocycles. The molecular formula is C22H24N2O2. The second-order valence-electron chi connectivity index (χ2n) is 6.36. The maximum absolute atomic E-state index is 6.09. The molecule has 0 aliphatic heterocycles. The van der Waals surface area contributed by atoms with E-state index in [2.05, 4.69) is 16.9 Å². The van der Waals surface area contributed by atoms with E-state index in [4.69, 9.17) is 9.47 Å². The monoisotopic (exact) mass is 348 g/mol. The molecule has 134 valence electrons. The van der Waals surface area contributed by atoms with E-state index in [0.717, 1.165) is 35.5 Å². The quantitative estimate of drug-likeness (QED) is 0.551. The molecule has 0 unspecified atom stereocenters. The number of nitrogens with zero attached hydrogens (tertiary/aromatic N) is 2. The minimum atomic E-state index is 0.0154. The van der Waals surface area contributed by atoms with Crippen LogP contribution in [-0.2, 0) is 6.42 Å². The summed E-state index contributed by atoms with van der Waals surface area (Å²) in [5.74, 6) is 2.12. The van der Waals surface area contributed by atoms with E-state index in [1.165, 1.54) is 0 Å². The lowest BCUT2D eigenvalue weighted by Gasteiger charge is -2.18. The Kier molecular flexibility index (Phi) is 5.84. The minimum absolute atomic E-state index is 0.0154. The van der Waals surface area contributed by atoms with E-state index in [-0.39, 0.29) is 6.10 Å². The lowest BCUT2D eigenvalue weighted by Crippen LogP contribution is -2.08. The molecule has 0 aliphatic carbocycles. The molecule has 0 fully saturated rings. The van der Waals surface area contributed by atoms with Crippen LogP contribution in [0.4, 0.5) is 0 Å². The van der Waals surface area contributed by atoms with E-state index < -0.39 is 0 Å². The van der Waals surface area contributed by atoms with Gasteiger partial charge >= 0.3 is 0 Å². The van der Waals surface area contributed by atoms with E-state index in [9.17, 15) is 0 Å². The second-order valence-corrected chi connectivity index (χ2v) is 6.36. The molecule has 0 saturated carbocycles. The summed E-state index contributed by atoms with van der Waals surface area (Å²) in [7, 11) is 0. The van der Waals surface area contributed by atoms with Gasteiger partial charge in [0, 0.05) is 11.8 Å². The number of hydrogen-bond acceptors (Lipinski definition) is 4. The lowest BCUT2D eigenvalue weighted by molar-refractivity contribution is 0.234. The van der Waals surface area contributed by atoms with Crippen molar-refractivity contribution in [1.29, 1.82) is 0 Å². The van der Waals surface area contributed by atoms with Gasteiger partial charge in [0.25, 0.3) is 0 Å². The van der Waals surface area contributed by atoms with Gasteiger partial charge < -0.3 is 9.47 Å². The molecule has 3 aromatic rings. The van der Waals surface area contributed by atoms with Gasteiger partial charge in [0.15, 0.2) is 11.5 Å². The van der Waals surface area contributed by atoms with Gasteiger partial charge in [-0.15, -0.1) is 0 Å². The Hall–Kier alpha value is -2.88. The van der Waals surface area contributed by atoms with Crippen molar-refractivity contribution in [2.45, 2.75) is 39.7 Å². The molecule has 4 nitrogen and oxygen atoms in total. The van der Waals surface area contributed by atoms with Gasteiger partial charge in [0.05, 0.1) is 23.7 Å². The molecule has 4 heteroatoms. The molecule has 0 bridgehead atoms. The molecule has 2 aromatic carbocycles. The van der Waals surface area contributed by atoms with Crippen LogP contribution in [0.1, 0.15) is 32.9 Å². The van der Waals surface area contributed by atoms with Crippen molar-refractivity contribution in [3.8, 4) is 28.5 Å². The zero-order chi connectivity index (χ0) is 18.4. The third-order valence-corrected chi connectivity index (χ3v) is 3.79. The molecule has 3 rings (SSSR count). The highest BCUT2D eigenvalue weighted by Crippen LogP contribution is 2.40. The third kappa shape index (κ3) is 4.39. The summed E-state index contributed by atoms with van der Waals surface area (Å²) in [6, 6.07) is 15.5. The van der Waals surface area contributed by atoms with Crippen LogP contribution < -0.4 is 9.47 Å². The van der Waals surface area contributed by atoms with Crippen molar-refractivity contribution in [1.82, 2.24) is 9.97 Å². The molecule has 0 N–H and O–H groups in total. The number of aryl methyl sites for hydroxylation is 1. The highest BCUT2D eigenvalue weighted by atomic mass is 16.5. The van der Waals surface area contributed by atoms with Gasteiger partial charge in [-0.2, -0.15) is 0 Å². The zero-order valence-corrected chi connectivity index (χ0v) is 15.5. The maximum atomic E-state index is 6.09. The second kappa shape index (κ2) is 8.48. The van der Waals surface area contributed by atoms with Crippen molar-refractivity contribution in [3.05, 3.63) is 66.6 Å². The van der Waals surface area contributed by atoms with Gasteiger partial charge in [-0.05, 0) is 44.5 Å². The third-order valence-electron chi connectivity index (χ3n) is 3.79. The maximum Gasteiger partial charge on any atom is 0.171 e. The van der Waals surface area contributed by atoms with Gasteiger partial charge in [-0.1, -0.05) is 37.6 Å². The SMILES string of the molecule is CCCc1cnc(-c2cccc(Oc3ccccc3)c2OC(C)C)cn1. The van der Waals surface area contributed by atoms with Gasteiger partial charge in [-0.25, -0.2) is 0 Å². The van der Waals surface area contributed by atoms with Crippen molar-refractivity contribution < 1.29 is 9.47 Å². The predicted octanol–water partition coefficient (Wildman–Crippen LogP) is 5.68. The van der Waals surface area contributed by atoms with Crippen LogP contribution in [0.5, 0.6) is 17.2 Å². The zero-order valence-electron chi connectivity index (χ0n) is 15.5. The van der Waals surface area contributed by atoms with Crippen LogP contribution in [0.25, 0.3) is 11.3 Å². The molecule has 26 heavy (non-hydrogen) atoms. The summed E-state index contributed by atoms with van der Waals surface area (Å²) in [6.07, 6.45) is 5.64. The Labute approximate surface area is 154 Å². The Morgan fingerprint density at radius 3 is 2.38 bits per heavy atom. The smallest absolute Gasteiger partial charge is 0.171 e. The van der Waals surface area contributed by atoms with Gasteiger partial charge in [0.2, 0.25) is 0 Å².